The summed E-state index contributed by atoms with van der Waals surface area (Å²) in [6, 6.07) is 0. The second-order valence-corrected chi connectivity index (χ2v) is 2.58. The van der Waals surface area contributed by atoms with Crippen LogP contribution >= 0.6 is 0 Å². The standard InChI is InChI=1S/C11H16/c1-6-8-10(5)11(7-2)9(3)4/h6-8H,2-3H2,1,4-5H3/b8-6-,11-10-. The van der Waals surface area contributed by atoms with E-state index in [4.69, 9.17) is 0 Å². The molecule has 0 saturated heterocycles. The molecule has 0 heteroatoms. The van der Waals surface area contributed by atoms with Gasteiger partial charge in [-0.1, -0.05) is 37.0 Å². The molecule has 0 N–H and O–H groups in total. The second kappa shape index (κ2) is 4.73. The molecule has 0 radical (unpaired) electrons. The lowest BCUT2D eigenvalue weighted by Crippen LogP contribution is -1.82. The highest BCUT2D eigenvalue weighted by Gasteiger charge is 1.94. The Hall–Kier alpha value is -1.04. The Bertz CT molecular complexity index is 214. The Morgan fingerprint density at radius 2 is 1.82 bits per heavy atom. The fourth-order valence-corrected chi connectivity index (χ4v) is 1.01. The minimum atomic E-state index is 1.07. The van der Waals surface area contributed by atoms with Crippen molar-refractivity contribution >= 4 is 0 Å². The molecular formula is C11H16. The van der Waals surface area contributed by atoms with Crippen LogP contribution in [0.25, 0.3) is 0 Å². The molecule has 0 aromatic rings. The van der Waals surface area contributed by atoms with Crippen molar-refractivity contribution in [1.29, 1.82) is 0 Å². The molecule has 0 amide bonds. The number of rotatable bonds is 3. The zero-order chi connectivity index (χ0) is 8.85. The molecule has 60 valence electrons. The molecule has 0 saturated carbocycles. The van der Waals surface area contributed by atoms with Gasteiger partial charge in [-0.2, -0.15) is 0 Å². The molecule has 11 heavy (non-hydrogen) atoms. The smallest absolute Gasteiger partial charge is 0.0210 e. The maximum absolute atomic E-state index is 3.87. The van der Waals surface area contributed by atoms with Gasteiger partial charge in [0.1, 0.15) is 0 Å². The fraction of sp³-hybridized carbons (Fsp3) is 0.273. The van der Waals surface area contributed by atoms with Crippen LogP contribution in [0.4, 0.5) is 0 Å². The van der Waals surface area contributed by atoms with Gasteiger partial charge in [0.05, 0.1) is 0 Å². The van der Waals surface area contributed by atoms with Crippen molar-refractivity contribution in [2.45, 2.75) is 20.8 Å². The van der Waals surface area contributed by atoms with Crippen molar-refractivity contribution in [2.24, 2.45) is 0 Å². The summed E-state index contributed by atoms with van der Waals surface area (Å²) in [6.07, 6.45) is 5.92. The van der Waals surface area contributed by atoms with Crippen LogP contribution in [-0.2, 0) is 0 Å². The van der Waals surface area contributed by atoms with Crippen LogP contribution in [0.2, 0.25) is 0 Å². The molecule has 0 aliphatic rings. The highest BCUT2D eigenvalue weighted by molar-refractivity contribution is 5.43. The fourth-order valence-electron chi connectivity index (χ4n) is 1.01. The Morgan fingerprint density at radius 3 is 2.09 bits per heavy atom. The van der Waals surface area contributed by atoms with Crippen LogP contribution in [0.5, 0.6) is 0 Å². The molecule has 0 unspecified atom stereocenters. The summed E-state index contributed by atoms with van der Waals surface area (Å²) in [5, 5.41) is 0. The van der Waals surface area contributed by atoms with Gasteiger partial charge in [-0.05, 0) is 31.9 Å². The van der Waals surface area contributed by atoms with Gasteiger partial charge in [0.25, 0.3) is 0 Å². The Kier molecular flexibility index (Phi) is 4.28. The lowest BCUT2D eigenvalue weighted by Gasteiger charge is -2.02. The molecule has 0 aliphatic carbocycles. The zero-order valence-corrected chi connectivity index (χ0v) is 7.65. The molecule has 0 aliphatic heterocycles. The quantitative estimate of drug-likeness (QED) is 0.536. The Labute approximate surface area is 69.6 Å². The average Bonchev–Trinajstić information content (AvgIpc) is 1.88. The number of hydrogen-bond acceptors (Lipinski definition) is 0. The summed E-state index contributed by atoms with van der Waals surface area (Å²) in [7, 11) is 0. The summed E-state index contributed by atoms with van der Waals surface area (Å²) in [5.74, 6) is 0. The van der Waals surface area contributed by atoms with Crippen molar-refractivity contribution in [1.82, 2.24) is 0 Å². The van der Waals surface area contributed by atoms with Gasteiger partial charge in [-0.25, -0.2) is 0 Å². The maximum atomic E-state index is 3.87. The molecule has 0 heterocycles. The lowest BCUT2D eigenvalue weighted by molar-refractivity contribution is 1.36. The first kappa shape index (κ1) is 9.96. The lowest BCUT2D eigenvalue weighted by atomic mass is 10.0. The van der Waals surface area contributed by atoms with Gasteiger partial charge < -0.3 is 0 Å². The van der Waals surface area contributed by atoms with Crippen LogP contribution < -0.4 is 0 Å². The third-order valence-electron chi connectivity index (χ3n) is 1.51. The summed E-state index contributed by atoms with van der Waals surface area (Å²) >= 11 is 0. The van der Waals surface area contributed by atoms with Crippen LogP contribution in [0.1, 0.15) is 20.8 Å². The maximum Gasteiger partial charge on any atom is -0.0210 e. The van der Waals surface area contributed by atoms with Gasteiger partial charge in [0.15, 0.2) is 0 Å². The van der Waals surface area contributed by atoms with Gasteiger partial charge >= 0.3 is 0 Å². The monoisotopic (exact) mass is 148 g/mol. The van der Waals surface area contributed by atoms with Crippen molar-refractivity contribution in [3.05, 3.63) is 48.1 Å². The first-order valence-corrected chi connectivity index (χ1v) is 3.75. The van der Waals surface area contributed by atoms with E-state index < -0.39 is 0 Å². The highest BCUT2D eigenvalue weighted by Crippen LogP contribution is 2.14. The van der Waals surface area contributed by atoms with Crippen molar-refractivity contribution < 1.29 is 0 Å². The molecule has 0 spiro atoms. The minimum absolute atomic E-state index is 1.07. The van der Waals surface area contributed by atoms with Crippen molar-refractivity contribution in [3.63, 3.8) is 0 Å². The Morgan fingerprint density at radius 1 is 1.27 bits per heavy atom. The van der Waals surface area contributed by atoms with E-state index in [-0.39, 0.29) is 0 Å². The number of allylic oxidation sites excluding steroid dienone is 6. The second-order valence-electron chi connectivity index (χ2n) is 2.58. The van der Waals surface area contributed by atoms with E-state index in [1.807, 2.05) is 26.0 Å². The third-order valence-corrected chi connectivity index (χ3v) is 1.51. The molecule has 0 rings (SSSR count). The van der Waals surface area contributed by atoms with Gasteiger partial charge in [-0.3, -0.25) is 0 Å². The number of hydrogen-bond donors (Lipinski definition) is 0. The van der Waals surface area contributed by atoms with Crippen LogP contribution in [0, 0.1) is 0 Å². The molecule has 0 aromatic heterocycles. The van der Waals surface area contributed by atoms with Crippen LogP contribution in [0.15, 0.2) is 48.1 Å². The summed E-state index contributed by atoms with van der Waals surface area (Å²) in [5.41, 5.74) is 3.42. The Balaban J connectivity index is 4.82. The van der Waals surface area contributed by atoms with Crippen molar-refractivity contribution in [2.75, 3.05) is 0 Å². The van der Waals surface area contributed by atoms with Gasteiger partial charge in [0.2, 0.25) is 0 Å². The van der Waals surface area contributed by atoms with Gasteiger partial charge in [0, 0.05) is 0 Å². The van der Waals surface area contributed by atoms with E-state index in [2.05, 4.69) is 26.2 Å². The van der Waals surface area contributed by atoms with Gasteiger partial charge in [-0.15, -0.1) is 0 Å². The van der Waals surface area contributed by atoms with E-state index in [9.17, 15) is 0 Å². The molecule has 0 nitrogen and oxygen atoms in total. The predicted octanol–water partition coefficient (Wildman–Crippen LogP) is 3.64. The normalized spacial score (nSPS) is 13.0. The average molecular weight is 148 g/mol. The van der Waals surface area contributed by atoms with E-state index in [0.717, 1.165) is 11.1 Å². The summed E-state index contributed by atoms with van der Waals surface area (Å²) in [6.45, 7) is 13.7. The SMILES string of the molecule is C=C/C(C(=C)C)=C(C)/C=C\C. The van der Waals surface area contributed by atoms with E-state index >= 15 is 0 Å². The van der Waals surface area contributed by atoms with Crippen molar-refractivity contribution in [3.8, 4) is 0 Å². The summed E-state index contributed by atoms with van der Waals surface area (Å²) < 4.78 is 0. The molecule has 0 bridgehead atoms. The van der Waals surface area contributed by atoms with E-state index in [1.165, 1.54) is 5.57 Å². The first-order chi connectivity index (χ1) is 5.13. The minimum Gasteiger partial charge on any atom is -0.0985 e. The largest absolute Gasteiger partial charge is 0.0985 e. The molecule has 0 atom stereocenters. The molecule has 0 aromatic carbocycles. The third kappa shape index (κ3) is 3.03. The molecule has 0 fully saturated rings. The van der Waals surface area contributed by atoms with E-state index in [1.54, 1.807) is 0 Å². The predicted molar refractivity (Wildman–Crippen MR) is 52.5 cm³/mol. The van der Waals surface area contributed by atoms with Crippen LogP contribution in [0.3, 0.4) is 0 Å². The van der Waals surface area contributed by atoms with E-state index in [0.29, 0.717) is 0 Å². The topological polar surface area (TPSA) is 0 Å². The highest BCUT2D eigenvalue weighted by atomic mass is 14.0. The zero-order valence-electron chi connectivity index (χ0n) is 7.65. The first-order valence-electron chi connectivity index (χ1n) is 3.75. The van der Waals surface area contributed by atoms with Crippen LogP contribution in [-0.4, -0.2) is 0 Å². The molecular weight excluding hydrogens is 132 g/mol. The summed E-state index contributed by atoms with van der Waals surface area (Å²) in [4.78, 5) is 0.